The highest BCUT2D eigenvalue weighted by Gasteiger charge is 2.36. The number of hydrogen-bond donors (Lipinski definition) is 3. The van der Waals surface area contributed by atoms with E-state index in [1.807, 2.05) is 13.8 Å². The van der Waals surface area contributed by atoms with Crippen molar-refractivity contribution in [1.29, 1.82) is 0 Å². The Balaban J connectivity index is 2.62. The number of carbonyl (C=O) groups excluding carboxylic acids is 2. The van der Waals surface area contributed by atoms with E-state index < -0.39 is 5.85 Å². The molecule has 1 heterocycles. The summed E-state index contributed by atoms with van der Waals surface area (Å²) in [7, 11) is 0. The summed E-state index contributed by atoms with van der Waals surface area (Å²) in [5.41, 5.74) is 0. The van der Waals surface area contributed by atoms with Gasteiger partial charge < -0.3 is 20.7 Å². The van der Waals surface area contributed by atoms with E-state index in [0.29, 0.717) is 26.0 Å². The van der Waals surface area contributed by atoms with Crippen LogP contribution in [0.5, 0.6) is 0 Å². The van der Waals surface area contributed by atoms with E-state index in [-0.39, 0.29) is 11.8 Å². The van der Waals surface area contributed by atoms with Gasteiger partial charge in [0.1, 0.15) is 0 Å². The van der Waals surface area contributed by atoms with Crippen LogP contribution in [-0.4, -0.2) is 37.4 Å². The third-order valence-electron chi connectivity index (χ3n) is 2.64. The monoisotopic (exact) mass is 257 g/mol. The molecule has 0 radical (unpaired) electrons. The molecule has 1 saturated heterocycles. The van der Waals surface area contributed by atoms with Crippen LogP contribution in [0.15, 0.2) is 0 Å². The van der Waals surface area contributed by atoms with Crippen molar-refractivity contribution in [2.45, 2.75) is 45.4 Å². The molecule has 0 aromatic heterocycles. The Hall–Kier alpha value is -1.14. The molecule has 0 atom stereocenters. The maximum absolute atomic E-state index is 11.7. The lowest BCUT2D eigenvalue weighted by Gasteiger charge is -2.38. The van der Waals surface area contributed by atoms with Crippen molar-refractivity contribution in [2.75, 3.05) is 19.7 Å². The van der Waals surface area contributed by atoms with Gasteiger partial charge in [-0.05, 0) is 12.8 Å². The first-order valence-electron chi connectivity index (χ1n) is 6.58. The Morgan fingerprint density at radius 2 is 1.72 bits per heavy atom. The van der Waals surface area contributed by atoms with Crippen molar-refractivity contribution < 1.29 is 14.3 Å². The SMILES string of the molecule is CCCC(=O)NC1(NC(=O)CCC)CNCCO1. The van der Waals surface area contributed by atoms with Gasteiger partial charge in [-0.3, -0.25) is 9.59 Å². The van der Waals surface area contributed by atoms with Crippen molar-refractivity contribution in [2.24, 2.45) is 0 Å². The van der Waals surface area contributed by atoms with Gasteiger partial charge in [-0.1, -0.05) is 13.8 Å². The smallest absolute Gasteiger partial charge is 0.234 e. The average molecular weight is 257 g/mol. The van der Waals surface area contributed by atoms with E-state index in [0.717, 1.165) is 19.4 Å². The van der Waals surface area contributed by atoms with Gasteiger partial charge in [0.15, 0.2) is 0 Å². The van der Waals surface area contributed by atoms with Crippen LogP contribution in [0.3, 0.4) is 0 Å². The molecule has 0 unspecified atom stereocenters. The summed E-state index contributed by atoms with van der Waals surface area (Å²) in [6.45, 7) is 5.43. The summed E-state index contributed by atoms with van der Waals surface area (Å²) in [5, 5.41) is 8.65. The summed E-state index contributed by atoms with van der Waals surface area (Å²) >= 11 is 0. The summed E-state index contributed by atoms with van der Waals surface area (Å²) in [5.74, 6) is -1.31. The van der Waals surface area contributed by atoms with E-state index in [4.69, 9.17) is 4.74 Å². The second kappa shape index (κ2) is 7.33. The number of rotatable bonds is 6. The van der Waals surface area contributed by atoms with Gasteiger partial charge in [-0.25, -0.2) is 0 Å². The molecule has 1 rings (SSSR count). The topological polar surface area (TPSA) is 79.5 Å². The molecule has 6 heteroatoms. The van der Waals surface area contributed by atoms with Crippen LogP contribution < -0.4 is 16.0 Å². The highest BCUT2D eigenvalue weighted by atomic mass is 16.5. The van der Waals surface area contributed by atoms with Gasteiger partial charge in [-0.2, -0.15) is 0 Å². The molecular weight excluding hydrogens is 234 g/mol. The fourth-order valence-corrected chi connectivity index (χ4v) is 1.83. The molecule has 0 aromatic rings. The van der Waals surface area contributed by atoms with E-state index >= 15 is 0 Å². The van der Waals surface area contributed by atoms with Crippen LogP contribution in [0.1, 0.15) is 39.5 Å². The first-order chi connectivity index (χ1) is 8.62. The highest BCUT2D eigenvalue weighted by Crippen LogP contribution is 2.08. The minimum atomic E-state index is -1.09. The van der Waals surface area contributed by atoms with Crippen LogP contribution in [0.2, 0.25) is 0 Å². The van der Waals surface area contributed by atoms with Crippen LogP contribution in [0.25, 0.3) is 0 Å². The Kier molecular flexibility index (Phi) is 6.07. The third kappa shape index (κ3) is 4.62. The number of ether oxygens (including phenoxy) is 1. The lowest BCUT2D eigenvalue weighted by atomic mass is 10.2. The van der Waals surface area contributed by atoms with Gasteiger partial charge >= 0.3 is 0 Å². The largest absolute Gasteiger partial charge is 0.336 e. The summed E-state index contributed by atoms with van der Waals surface area (Å²) in [6, 6.07) is 0. The van der Waals surface area contributed by atoms with Crippen molar-refractivity contribution in [3.8, 4) is 0 Å². The quantitative estimate of drug-likeness (QED) is 0.589. The molecule has 3 N–H and O–H groups in total. The second-order valence-corrected chi connectivity index (χ2v) is 4.45. The summed E-state index contributed by atoms with van der Waals surface area (Å²) in [6.07, 6.45) is 2.38. The molecule has 0 aliphatic carbocycles. The molecule has 1 aliphatic heterocycles. The number of amides is 2. The maximum atomic E-state index is 11.7. The maximum Gasteiger partial charge on any atom is 0.234 e. The van der Waals surface area contributed by atoms with Crippen LogP contribution in [-0.2, 0) is 14.3 Å². The van der Waals surface area contributed by atoms with E-state index in [1.165, 1.54) is 0 Å². The molecule has 104 valence electrons. The molecule has 0 saturated carbocycles. The zero-order valence-corrected chi connectivity index (χ0v) is 11.2. The highest BCUT2D eigenvalue weighted by molar-refractivity contribution is 5.79. The predicted molar refractivity (Wildman–Crippen MR) is 67.7 cm³/mol. The molecule has 1 fully saturated rings. The molecular formula is C12H23N3O3. The molecule has 1 aliphatic rings. The molecule has 2 amide bonds. The first kappa shape index (κ1) is 14.9. The molecule has 6 nitrogen and oxygen atoms in total. The van der Waals surface area contributed by atoms with Crippen LogP contribution in [0, 0.1) is 0 Å². The third-order valence-corrected chi connectivity index (χ3v) is 2.64. The Labute approximate surface area is 108 Å². The number of morpholine rings is 1. The molecule has 0 bridgehead atoms. The number of nitrogens with one attached hydrogen (secondary N) is 3. The standard InChI is InChI=1S/C12H23N3O3/c1-3-5-10(16)14-12(9-13-7-8-18-12)15-11(17)6-4-2/h13H,3-9H2,1-2H3,(H,14,16)(H,15,17). The fraction of sp³-hybridized carbons (Fsp3) is 0.833. The normalized spacial score (nSPS) is 18.1. The summed E-state index contributed by atoms with van der Waals surface area (Å²) in [4.78, 5) is 23.4. The first-order valence-corrected chi connectivity index (χ1v) is 6.58. The van der Waals surface area contributed by atoms with Crippen molar-refractivity contribution in [1.82, 2.24) is 16.0 Å². The van der Waals surface area contributed by atoms with Gasteiger partial charge in [-0.15, -0.1) is 0 Å². The Bertz CT molecular complexity index is 266. The Morgan fingerprint density at radius 1 is 1.17 bits per heavy atom. The molecule has 18 heavy (non-hydrogen) atoms. The minimum Gasteiger partial charge on any atom is -0.336 e. The van der Waals surface area contributed by atoms with E-state index in [9.17, 15) is 9.59 Å². The fourth-order valence-electron chi connectivity index (χ4n) is 1.83. The second-order valence-electron chi connectivity index (χ2n) is 4.45. The lowest BCUT2D eigenvalue weighted by Crippen LogP contribution is -2.69. The van der Waals surface area contributed by atoms with Gasteiger partial charge in [0.25, 0.3) is 0 Å². The van der Waals surface area contributed by atoms with Crippen molar-refractivity contribution in [3.05, 3.63) is 0 Å². The lowest BCUT2D eigenvalue weighted by molar-refractivity contribution is -0.153. The van der Waals surface area contributed by atoms with E-state index in [2.05, 4.69) is 16.0 Å². The van der Waals surface area contributed by atoms with Crippen molar-refractivity contribution in [3.63, 3.8) is 0 Å². The Morgan fingerprint density at radius 3 is 2.11 bits per heavy atom. The molecule has 0 spiro atoms. The minimum absolute atomic E-state index is 0.113. The van der Waals surface area contributed by atoms with Crippen LogP contribution in [0.4, 0.5) is 0 Å². The predicted octanol–water partition coefficient (Wildman–Crippen LogP) is 0.0926. The van der Waals surface area contributed by atoms with Gasteiger partial charge in [0.05, 0.1) is 13.2 Å². The van der Waals surface area contributed by atoms with E-state index in [1.54, 1.807) is 0 Å². The molecule has 0 aromatic carbocycles. The average Bonchev–Trinajstić information content (AvgIpc) is 2.30. The van der Waals surface area contributed by atoms with Crippen molar-refractivity contribution >= 4 is 11.8 Å². The van der Waals surface area contributed by atoms with Gasteiger partial charge in [0.2, 0.25) is 17.7 Å². The zero-order chi connectivity index (χ0) is 13.4. The van der Waals surface area contributed by atoms with Crippen LogP contribution >= 0.6 is 0 Å². The summed E-state index contributed by atoms with van der Waals surface area (Å²) < 4.78 is 5.57. The number of hydrogen-bond acceptors (Lipinski definition) is 4. The van der Waals surface area contributed by atoms with Gasteiger partial charge in [0, 0.05) is 19.4 Å². The number of carbonyl (C=O) groups is 2. The zero-order valence-electron chi connectivity index (χ0n) is 11.2.